The van der Waals surface area contributed by atoms with Crippen LogP contribution in [0.1, 0.15) is 29.7 Å². The van der Waals surface area contributed by atoms with Crippen LogP contribution in [0.5, 0.6) is 0 Å². The lowest BCUT2D eigenvalue weighted by atomic mass is 10.00. The zero-order chi connectivity index (χ0) is 11.3. The topological polar surface area (TPSA) is 12.0 Å². The van der Waals surface area contributed by atoms with Crippen LogP contribution in [-0.2, 0) is 0 Å². The Morgan fingerprint density at radius 1 is 1.33 bits per heavy atom. The molecule has 0 fully saturated rings. The molecular formula is C13H21NS. The first-order chi connectivity index (χ1) is 7.19. The molecule has 0 aliphatic heterocycles. The molecule has 0 heterocycles. The number of hydrogen-bond donors (Lipinski definition) is 1. The summed E-state index contributed by atoms with van der Waals surface area (Å²) in [4.78, 5) is 0. The van der Waals surface area contributed by atoms with E-state index in [1.165, 1.54) is 16.7 Å². The van der Waals surface area contributed by atoms with Crippen molar-refractivity contribution in [3.05, 3.63) is 34.9 Å². The van der Waals surface area contributed by atoms with Crippen LogP contribution in [-0.4, -0.2) is 18.6 Å². The van der Waals surface area contributed by atoms with Crippen LogP contribution in [0.2, 0.25) is 0 Å². The largest absolute Gasteiger partial charge is 0.310 e. The van der Waals surface area contributed by atoms with E-state index in [2.05, 4.69) is 50.5 Å². The number of rotatable bonds is 5. The Bertz CT molecular complexity index is 303. The average molecular weight is 223 g/mol. The van der Waals surface area contributed by atoms with Crippen molar-refractivity contribution < 1.29 is 0 Å². The van der Waals surface area contributed by atoms with Gasteiger partial charge in [-0.2, -0.15) is 11.8 Å². The van der Waals surface area contributed by atoms with Crippen LogP contribution in [0, 0.1) is 13.8 Å². The summed E-state index contributed by atoms with van der Waals surface area (Å²) >= 11 is 1.90. The van der Waals surface area contributed by atoms with Gasteiger partial charge < -0.3 is 5.32 Å². The van der Waals surface area contributed by atoms with E-state index in [1.807, 2.05) is 11.8 Å². The Morgan fingerprint density at radius 3 is 2.67 bits per heavy atom. The second-order valence-corrected chi connectivity index (χ2v) is 4.84. The highest BCUT2D eigenvalue weighted by molar-refractivity contribution is 7.98. The summed E-state index contributed by atoms with van der Waals surface area (Å²) in [6, 6.07) is 7.19. The molecule has 0 aliphatic carbocycles. The molecule has 0 bridgehead atoms. The van der Waals surface area contributed by atoms with Crippen molar-refractivity contribution >= 4 is 11.8 Å². The summed E-state index contributed by atoms with van der Waals surface area (Å²) in [6.45, 7) is 7.54. The third-order valence-corrected chi connectivity index (χ3v) is 3.26. The summed E-state index contributed by atoms with van der Waals surface area (Å²) in [5, 5.41) is 3.55. The fourth-order valence-corrected chi connectivity index (χ4v) is 2.44. The quantitative estimate of drug-likeness (QED) is 0.822. The highest BCUT2D eigenvalue weighted by atomic mass is 32.2. The van der Waals surface area contributed by atoms with Crippen molar-refractivity contribution in [1.29, 1.82) is 0 Å². The normalized spacial score (nSPS) is 12.8. The van der Waals surface area contributed by atoms with Gasteiger partial charge in [-0.05, 0) is 37.8 Å². The van der Waals surface area contributed by atoms with E-state index in [4.69, 9.17) is 0 Å². The molecule has 0 amide bonds. The first kappa shape index (κ1) is 12.6. The first-order valence-corrected chi connectivity index (χ1v) is 6.88. The summed E-state index contributed by atoms with van der Waals surface area (Å²) in [5.41, 5.74) is 4.19. The molecule has 1 unspecified atom stereocenters. The molecule has 0 saturated heterocycles. The Kier molecular flexibility index (Phi) is 5.20. The van der Waals surface area contributed by atoms with Crippen LogP contribution in [0.15, 0.2) is 18.2 Å². The fourth-order valence-electron chi connectivity index (χ4n) is 1.81. The van der Waals surface area contributed by atoms with Gasteiger partial charge in [0.05, 0.1) is 0 Å². The molecule has 0 aromatic heterocycles. The van der Waals surface area contributed by atoms with Gasteiger partial charge in [-0.3, -0.25) is 0 Å². The van der Waals surface area contributed by atoms with E-state index >= 15 is 0 Å². The van der Waals surface area contributed by atoms with Crippen molar-refractivity contribution in [2.24, 2.45) is 0 Å². The monoisotopic (exact) mass is 223 g/mol. The fraction of sp³-hybridized carbons (Fsp3) is 0.538. The van der Waals surface area contributed by atoms with Crippen molar-refractivity contribution in [3.8, 4) is 0 Å². The summed E-state index contributed by atoms with van der Waals surface area (Å²) in [6.07, 6.45) is 2.16. The molecule has 15 heavy (non-hydrogen) atoms. The molecular weight excluding hydrogens is 202 g/mol. The highest BCUT2D eigenvalue weighted by Crippen LogP contribution is 2.21. The molecule has 0 aliphatic rings. The second kappa shape index (κ2) is 6.19. The number of thioether (sulfide) groups is 1. The van der Waals surface area contributed by atoms with Crippen LogP contribution >= 0.6 is 11.8 Å². The van der Waals surface area contributed by atoms with Gasteiger partial charge in [0.15, 0.2) is 0 Å². The van der Waals surface area contributed by atoms with Gasteiger partial charge in [-0.1, -0.05) is 30.7 Å². The second-order valence-electron chi connectivity index (χ2n) is 3.93. The standard InChI is InChI=1S/C13H21NS/c1-5-14-13(9-15-4)12-8-10(2)6-7-11(12)3/h6-8,13-14H,5,9H2,1-4H3. The van der Waals surface area contributed by atoms with E-state index in [0.29, 0.717) is 6.04 Å². The molecule has 0 radical (unpaired) electrons. The first-order valence-electron chi connectivity index (χ1n) is 5.48. The van der Waals surface area contributed by atoms with Gasteiger partial charge in [0.25, 0.3) is 0 Å². The van der Waals surface area contributed by atoms with Crippen LogP contribution in [0.4, 0.5) is 0 Å². The molecule has 84 valence electrons. The molecule has 1 N–H and O–H groups in total. The van der Waals surface area contributed by atoms with Gasteiger partial charge in [-0.25, -0.2) is 0 Å². The lowest BCUT2D eigenvalue weighted by Crippen LogP contribution is -2.23. The predicted octanol–water partition coefficient (Wildman–Crippen LogP) is 3.32. The molecule has 0 spiro atoms. The number of aryl methyl sites for hydroxylation is 2. The van der Waals surface area contributed by atoms with Gasteiger partial charge in [-0.15, -0.1) is 0 Å². The van der Waals surface area contributed by atoms with E-state index in [-0.39, 0.29) is 0 Å². The van der Waals surface area contributed by atoms with Crippen molar-refractivity contribution in [2.75, 3.05) is 18.6 Å². The number of benzene rings is 1. The maximum absolute atomic E-state index is 3.55. The SMILES string of the molecule is CCNC(CSC)c1cc(C)ccc1C. The molecule has 0 saturated carbocycles. The number of nitrogens with one attached hydrogen (secondary N) is 1. The van der Waals surface area contributed by atoms with E-state index < -0.39 is 0 Å². The maximum Gasteiger partial charge on any atom is 0.0414 e. The number of hydrogen-bond acceptors (Lipinski definition) is 2. The molecule has 1 aromatic carbocycles. The summed E-state index contributed by atoms with van der Waals surface area (Å²) < 4.78 is 0. The van der Waals surface area contributed by atoms with Gasteiger partial charge in [0, 0.05) is 11.8 Å². The zero-order valence-corrected chi connectivity index (χ0v) is 10.9. The van der Waals surface area contributed by atoms with Gasteiger partial charge in [0.1, 0.15) is 0 Å². The lowest BCUT2D eigenvalue weighted by molar-refractivity contribution is 0.603. The van der Waals surface area contributed by atoms with Crippen LogP contribution in [0.3, 0.4) is 0 Å². The average Bonchev–Trinajstić information content (AvgIpc) is 2.21. The molecule has 1 aromatic rings. The van der Waals surface area contributed by atoms with Crippen molar-refractivity contribution in [1.82, 2.24) is 5.32 Å². The van der Waals surface area contributed by atoms with Gasteiger partial charge >= 0.3 is 0 Å². The lowest BCUT2D eigenvalue weighted by Gasteiger charge is -2.20. The zero-order valence-electron chi connectivity index (χ0n) is 10.1. The van der Waals surface area contributed by atoms with Crippen molar-refractivity contribution in [2.45, 2.75) is 26.8 Å². The predicted molar refractivity (Wildman–Crippen MR) is 70.7 cm³/mol. The summed E-state index contributed by atoms with van der Waals surface area (Å²) in [7, 11) is 0. The molecule has 2 heteroatoms. The third kappa shape index (κ3) is 3.54. The Balaban J connectivity index is 2.93. The smallest absolute Gasteiger partial charge is 0.0414 e. The van der Waals surface area contributed by atoms with Crippen molar-refractivity contribution in [3.63, 3.8) is 0 Å². The molecule has 1 rings (SSSR count). The Hall–Kier alpha value is -0.470. The molecule has 1 nitrogen and oxygen atoms in total. The minimum Gasteiger partial charge on any atom is -0.310 e. The van der Waals surface area contributed by atoms with Gasteiger partial charge in [0.2, 0.25) is 0 Å². The summed E-state index contributed by atoms with van der Waals surface area (Å²) in [5.74, 6) is 1.14. The Labute approximate surface area is 97.7 Å². The van der Waals surface area contributed by atoms with E-state index in [1.54, 1.807) is 0 Å². The highest BCUT2D eigenvalue weighted by Gasteiger charge is 2.11. The maximum atomic E-state index is 3.55. The minimum atomic E-state index is 0.491. The van der Waals surface area contributed by atoms with E-state index in [0.717, 1.165) is 12.3 Å². The third-order valence-electron chi connectivity index (χ3n) is 2.59. The minimum absolute atomic E-state index is 0.491. The van der Waals surface area contributed by atoms with E-state index in [9.17, 15) is 0 Å². The van der Waals surface area contributed by atoms with Crippen LogP contribution in [0.25, 0.3) is 0 Å². The van der Waals surface area contributed by atoms with Crippen LogP contribution < -0.4 is 5.32 Å². The molecule has 1 atom stereocenters. The Morgan fingerprint density at radius 2 is 2.07 bits per heavy atom.